The van der Waals surface area contributed by atoms with Gasteiger partial charge in [0.1, 0.15) is 11.5 Å². The van der Waals surface area contributed by atoms with Gasteiger partial charge in [0, 0.05) is 17.7 Å². The van der Waals surface area contributed by atoms with Crippen LogP contribution in [0.5, 0.6) is 11.5 Å². The van der Waals surface area contributed by atoms with E-state index in [-0.39, 0.29) is 16.8 Å². The topological polar surface area (TPSA) is 95.0 Å². The summed E-state index contributed by atoms with van der Waals surface area (Å²) in [7, 11) is 1.58. The summed E-state index contributed by atoms with van der Waals surface area (Å²) in [5.41, 5.74) is 5.04. The van der Waals surface area contributed by atoms with E-state index >= 15 is 0 Å². The number of nitrogens with zero attached hydrogens (tertiary/aromatic N) is 1. The zero-order valence-electron chi connectivity index (χ0n) is 16.1. The SMILES string of the molecule is CCCC(=O)Nc1ccc(O)c(/C(C)=N/NC(=S)Nc2ccccc2OC)c1. The number of phenolic OH excluding ortho intramolecular Hbond substituents is 1. The predicted octanol–water partition coefficient (Wildman–Crippen LogP) is 3.85. The number of rotatable bonds is 7. The van der Waals surface area contributed by atoms with Crippen molar-refractivity contribution < 1.29 is 14.6 Å². The molecule has 0 unspecified atom stereocenters. The number of carbonyl (C=O) groups is 1. The van der Waals surface area contributed by atoms with Crippen LogP contribution >= 0.6 is 12.2 Å². The van der Waals surface area contributed by atoms with E-state index in [0.717, 1.165) is 6.42 Å². The Morgan fingerprint density at radius 3 is 2.68 bits per heavy atom. The van der Waals surface area contributed by atoms with Crippen LogP contribution in [0, 0.1) is 0 Å². The fraction of sp³-hybridized carbons (Fsp3) is 0.250. The second-order valence-corrected chi connectivity index (χ2v) is 6.40. The average molecular weight is 401 g/mol. The highest BCUT2D eigenvalue weighted by molar-refractivity contribution is 7.80. The Balaban J connectivity index is 2.07. The first-order valence-corrected chi connectivity index (χ1v) is 9.23. The number of ether oxygens (including phenoxy) is 1. The van der Waals surface area contributed by atoms with Crippen LogP contribution in [0.25, 0.3) is 0 Å². The Hall–Kier alpha value is -3.13. The summed E-state index contributed by atoms with van der Waals surface area (Å²) in [5.74, 6) is 0.634. The molecule has 148 valence electrons. The molecule has 0 fully saturated rings. The number of aromatic hydroxyl groups is 1. The zero-order valence-corrected chi connectivity index (χ0v) is 16.9. The standard InChI is InChI=1S/C20H24N4O3S/c1-4-7-19(26)21-14-10-11-17(25)15(12-14)13(2)23-24-20(28)22-16-8-5-6-9-18(16)27-3/h5-6,8-12,25H,4,7H2,1-3H3,(H,21,26)(H2,22,24,28)/b23-13+. The van der Waals surface area contributed by atoms with Crippen LogP contribution in [0.15, 0.2) is 47.6 Å². The van der Waals surface area contributed by atoms with E-state index in [1.54, 1.807) is 26.2 Å². The Kier molecular flexibility index (Phi) is 7.76. The third-order valence-electron chi connectivity index (χ3n) is 3.83. The smallest absolute Gasteiger partial charge is 0.224 e. The van der Waals surface area contributed by atoms with Crippen LogP contribution < -0.4 is 20.8 Å². The summed E-state index contributed by atoms with van der Waals surface area (Å²) in [5, 5.41) is 20.4. The van der Waals surface area contributed by atoms with Crippen molar-refractivity contribution in [2.45, 2.75) is 26.7 Å². The summed E-state index contributed by atoms with van der Waals surface area (Å²) in [6.45, 7) is 3.66. The van der Waals surface area contributed by atoms with Crippen LogP contribution in [0.1, 0.15) is 32.3 Å². The van der Waals surface area contributed by atoms with Crippen molar-refractivity contribution >= 4 is 40.3 Å². The van der Waals surface area contributed by atoms with Crippen molar-refractivity contribution in [3.8, 4) is 11.5 Å². The maximum Gasteiger partial charge on any atom is 0.224 e. The van der Waals surface area contributed by atoms with Gasteiger partial charge < -0.3 is 20.5 Å². The number of amides is 1. The van der Waals surface area contributed by atoms with Crippen LogP contribution in [-0.2, 0) is 4.79 Å². The number of hydrogen-bond donors (Lipinski definition) is 4. The molecular weight excluding hydrogens is 376 g/mol. The molecule has 0 spiro atoms. The Bertz CT molecular complexity index is 884. The monoisotopic (exact) mass is 400 g/mol. The minimum atomic E-state index is -0.0750. The second kappa shape index (κ2) is 10.3. The van der Waals surface area contributed by atoms with Crippen molar-refractivity contribution in [3.63, 3.8) is 0 Å². The lowest BCUT2D eigenvalue weighted by molar-refractivity contribution is -0.116. The van der Waals surface area contributed by atoms with Gasteiger partial charge in [-0.1, -0.05) is 19.1 Å². The molecule has 2 aromatic carbocycles. The minimum Gasteiger partial charge on any atom is -0.507 e. The summed E-state index contributed by atoms with van der Waals surface area (Å²) >= 11 is 5.25. The van der Waals surface area contributed by atoms with Gasteiger partial charge >= 0.3 is 0 Å². The number of para-hydroxylation sites is 2. The molecule has 0 bridgehead atoms. The molecule has 7 nitrogen and oxygen atoms in total. The quantitative estimate of drug-likeness (QED) is 0.244. The van der Waals surface area contributed by atoms with E-state index in [0.29, 0.717) is 34.8 Å². The Morgan fingerprint density at radius 1 is 1.21 bits per heavy atom. The summed E-state index contributed by atoms with van der Waals surface area (Å²) in [6.07, 6.45) is 1.20. The van der Waals surface area contributed by atoms with Gasteiger partial charge in [-0.3, -0.25) is 10.2 Å². The molecule has 0 saturated heterocycles. The van der Waals surface area contributed by atoms with Crippen molar-refractivity contribution in [2.24, 2.45) is 5.10 Å². The number of benzene rings is 2. The largest absolute Gasteiger partial charge is 0.507 e. The van der Waals surface area contributed by atoms with Gasteiger partial charge in [-0.2, -0.15) is 5.10 Å². The van der Waals surface area contributed by atoms with Gasteiger partial charge in [0.2, 0.25) is 5.91 Å². The average Bonchev–Trinajstić information content (AvgIpc) is 2.68. The molecule has 0 heterocycles. The van der Waals surface area contributed by atoms with Crippen LogP contribution in [0.4, 0.5) is 11.4 Å². The highest BCUT2D eigenvalue weighted by Gasteiger charge is 2.09. The zero-order chi connectivity index (χ0) is 20.5. The molecule has 0 radical (unpaired) electrons. The molecule has 0 saturated carbocycles. The molecule has 28 heavy (non-hydrogen) atoms. The second-order valence-electron chi connectivity index (χ2n) is 5.99. The molecule has 8 heteroatoms. The molecule has 2 rings (SSSR count). The first-order valence-electron chi connectivity index (χ1n) is 8.82. The maximum absolute atomic E-state index is 11.8. The molecule has 1 amide bonds. The number of methoxy groups -OCH3 is 1. The number of hydrogen-bond acceptors (Lipinski definition) is 5. The van der Waals surface area contributed by atoms with Gasteiger partial charge in [0.25, 0.3) is 0 Å². The van der Waals surface area contributed by atoms with Gasteiger partial charge in [-0.15, -0.1) is 0 Å². The highest BCUT2D eigenvalue weighted by Crippen LogP contribution is 2.24. The minimum absolute atomic E-state index is 0.0557. The first-order chi connectivity index (χ1) is 13.4. The lowest BCUT2D eigenvalue weighted by Crippen LogP contribution is -2.25. The summed E-state index contributed by atoms with van der Waals surface area (Å²) < 4.78 is 5.27. The van der Waals surface area contributed by atoms with Crippen LogP contribution in [0.2, 0.25) is 0 Å². The number of hydrazone groups is 1. The molecule has 2 aromatic rings. The number of phenols is 1. The molecule has 0 aliphatic heterocycles. The van der Waals surface area contributed by atoms with E-state index in [1.807, 2.05) is 31.2 Å². The molecule has 0 atom stereocenters. The van der Waals surface area contributed by atoms with E-state index in [2.05, 4.69) is 21.2 Å². The fourth-order valence-corrected chi connectivity index (χ4v) is 2.60. The molecule has 4 N–H and O–H groups in total. The summed E-state index contributed by atoms with van der Waals surface area (Å²) in [6, 6.07) is 12.2. The first kappa shape index (κ1) is 21.2. The van der Waals surface area contributed by atoms with Gasteiger partial charge in [0.15, 0.2) is 5.11 Å². The molecule has 0 aliphatic carbocycles. The predicted molar refractivity (Wildman–Crippen MR) is 116 cm³/mol. The lowest BCUT2D eigenvalue weighted by Gasteiger charge is -2.12. The van der Waals surface area contributed by atoms with Gasteiger partial charge in [-0.25, -0.2) is 0 Å². The van der Waals surface area contributed by atoms with Crippen molar-refractivity contribution in [2.75, 3.05) is 17.7 Å². The fourth-order valence-electron chi connectivity index (χ4n) is 2.45. The maximum atomic E-state index is 11.8. The molecule has 0 aliphatic rings. The van der Waals surface area contributed by atoms with Crippen LogP contribution in [-0.4, -0.2) is 28.9 Å². The Labute approximate surface area is 169 Å². The number of nitrogens with one attached hydrogen (secondary N) is 3. The van der Waals surface area contributed by atoms with E-state index in [9.17, 15) is 9.90 Å². The highest BCUT2D eigenvalue weighted by atomic mass is 32.1. The van der Waals surface area contributed by atoms with Gasteiger partial charge in [-0.05, 0) is 55.9 Å². The van der Waals surface area contributed by atoms with E-state index in [1.165, 1.54) is 6.07 Å². The van der Waals surface area contributed by atoms with Crippen molar-refractivity contribution in [1.82, 2.24) is 5.43 Å². The van der Waals surface area contributed by atoms with Crippen LogP contribution in [0.3, 0.4) is 0 Å². The van der Waals surface area contributed by atoms with Crippen molar-refractivity contribution in [3.05, 3.63) is 48.0 Å². The lowest BCUT2D eigenvalue weighted by atomic mass is 10.1. The molecular formula is C20H24N4O3S. The van der Waals surface area contributed by atoms with Gasteiger partial charge in [0.05, 0.1) is 18.5 Å². The van der Waals surface area contributed by atoms with E-state index in [4.69, 9.17) is 17.0 Å². The summed E-state index contributed by atoms with van der Waals surface area (Å²) in [4.78, 5) is 11.8. The third-order valence-corrected chi connectivity index (χ3v) is 4.02. The number of carbonyl (C=O) groups excluding carboxylic acids is 1. The van der Waals surface area contributed by atoms with Crippen molar-refractivity contribution in [1.29, 1.82) is 0 Å². The number of thiocarbonyl (C=S) groups is 1. The van der Waals surface area contributed by atoms with E-state index < -0.39 is 0 Å². The third kappa shape index (κ3) is 5.95. The normalized spacial score (nSPS) is 10.9. The Morgan fingerprint density at radius 2 is 1.96 bits per heavy atom. The number of anilines is 2. The molecule has 0 aromatic heterocycles.